The van der Waals surface area contributed by atoms with Gasteiger partial charge in [-0.25, -0.2) is 23.4 Å². The summed E-state index contributed by atoms with van der Waals surface area (Å²) in [4.78, 5) is 13.3. The van der Waals surface area contributed by atoms with Gasteiger partial charge < -0.3 is 16.4 Å². The number of nitrogen functional groups attached to an aromatic ring is 1. The maximum atomic E-state index is 12.8. The molecule has 34 heavy (non-hydrogen) atoms. The molecule has 174 valence electrons. The Kier molecular flexibility index (Phi) is 6.27. The number of hydrogen-bond donors (Lipinski definition) is 3. The van der Waals surface area contributed by atoms with E-state index >= 15 is 0 Å². The van der Waals surface area contributed by atoms with Crippen molar-refractivity contribution < 1.29 is 8.42 Å². The highest BCUT2D eigenvalue weighted by Gasteiger charge is 2.28. The van der Waals surface area contributed by atoms with Crippen LogP contribution in [0.1, 0.15) is 24.0 Å². The van der Waals surface area contributed by atoms with Crippen molar-refractivity contribution in [1.29, 1.82) is 0 Å². The lowest BCUT2D eigenvalue weighted by molar-refractivity contribution is 0.496. The number of sulfone groups is 1. The molecule has 0 saturated carbocycles. The molecule has 4 aromatic rings. The summed E-state index contributed by atoms with van der Waals surface area (Å²) < 4.78 is 26.7. The summed E-state index contributed by atoms with van der Waals surface area (Å²) in [6, 6.07) is 12.8. The van der Waals surface area contributed by atoms with Crippen molar-refractivity contribution in [3.8, 4) is 0 Å². The Labute approximate surface area is 201 Å². The van der Waals surface area contributed by atoms with E-state index in [4.69, 9.17) is 5.73 Å². The van der Waals surface area contributed by atoms with Gasteiger partial charge in [0.1, 0.15) is 0 Å². The first-order valence-corrected chi connectivity index (χ1v) is 13.3. The highest BCUT2D eigenvalue weighted by Crippen LogP contribution is 2.26. The third-order valence-corrected chi connectivity index (χ3v) is 8.86. The zero-order valence-electron chi connectivity index (χ0n) is 18.3. The molecule has 0 unspecified atom stereocenters. The average Bonchev–Trinajstić information content (AvgIpc) is 3.24. The zero-order valence-corrected chi connectivity index (χ0v) is 19.9. The zero-order chi connectivity index (χ0) is 23.5. The Morgan fingerprint density at radius 2 is 1.71 bits per heavy atom. The number of hydrogen-bond acceptors (Lipinski definition) is 9. The normalized spacial score (nSPS) is 15.2. The minimum atomic E-state index is -3.31. The molecule has 5 rings (SSSR count). The first-order valence-electron chi connectivity index (χ1n) is 11.0. The number of fused-ring (bicyclic) bond motifs is 1. The smallest absolute Gasteiger partial charge is 0.227 e. The lowest BCUT2D eigenvalue weighted by atomic mass is 10.2. The van der Waals surface area contributed by atoms with E-state index in [-0.39, 0.29) is 5.25 Å². The van der Waals surface area contributed by atoms with Crippen LogP contribution in [0.2, 0.25) is 0 Å². The fourth-order valence-corrected chi connectivity index (χ4v) is 6.44. The summed E-state index contributed by atoms with van der Waals surface area (Å²) in [5, 5.41) is 6.56. The van der Waals surface area contributed by atoms with Gasteiger partial charge in [0.25, 0.3) is 0 Å². The van der Waals surface area contributed by atoms with E-state index in [1.165, 1.54) is 11.3 Å². The van der Waals surface area contributed by atoms with Crippen LogP contribution in [0.25, 0.3) is 22.4 Å². The minimum Gasteiger partial charge on any atom is -0.375 e. The van der Waals surface area contributed by atoms with E-state index in [0.717, 1.165) is 40.1 Å². The van der Waals surface area contributed by atoms with Crippen LogP contribution in [0.3, 0.4) is 0 Å². The minimum absolute atomic E-state index is 0.321. The quantitative estimate of drug-likeness (QED) is 0.367. The van der Waals surface area contributed by atoms with Crippen molar-refractivity contribution in [2.45, 2.75) is 23.0 Å². The summed E-state index contributed by atoms with van der Waals surface area (Å²) in [5.74, 6) is 0.438. The molecule has 1 saturated heterocycles. The maximum absolute atomic E-state index is 12.8. The summed E-state index contributed by atoms with van der Waals surface area (Å²) >= 11 is 1.46. The fourth-order valence-electron chi connectivity index (χ4n) is 3.90. The molecule has 3 heterocycles. The number of aromatic nitrogens is 3. The average molecular weight is 493 g/mol. The molecular weight excluding hydrogens is 468 g/mol. The molecule has 0 aliphatic carbocycles. The van der Waals surface area contributed by atoms with E-state index in [2.05, 4.69) is 25.6 Å². The molecule has 0 atom stereocenters. The third kappa shape index (κ3) is 4.93. The molecule has 8 nitrogen and oxygen atoms in total. The standard InChI is InChI=1S/C24H24N6O2S2/c25-23-30-21-8-3-16(13-22(21)33-23)1-2-17-14-27-24(28-15-17)29-18-4-6-19(7-5-18)34(31,32)20-9-11-26-12-10-20/h1-8,13-15,20,26H,9-12H2,(H2,25,30)(H,27,28,29)/b2-1+. The van der Waals surface area contributed by atoms with E-state index in [9.17, 15) is 8.42 Å². The van der Waals surface area contributed by atoms with Crippen molar-refractivity contribution in [2.24, 2.45) is 0 Å². The van der Waals surface area contributed by atoms with Crippen molar-refractivity contribution >= 4 is 60.3 Å². The van der Waals surface area contributed by atoms with Gasteiger partial charge in [-0.15, -0.1) is 0 Å². The van der Waals surface area contributed by atoms with Crippen molar-refractivity contribution in [3.63, 3.8) is 0 Å². The maximum Gasteiger partial charge on any atom is 0.227 e. The van der Waals surface area contributed by atoms with E-state index in [1.54, 1.807) is 36.7 Å². The Morgan fingerprint density at radius 1 is 1.00 bits per heavy atom. The Balaban J connectivity index is 1.23. The van der Waals surface area contributed by atoms with Gasteiger partial charge >= 0.3 is 0 Å². The number of benzene rings is 2. The highest BCUT2D eigenvalue weighted by molar-refractivity contribution is 7.92. The molecule has 1 fully saturated rings. The summed E-state index contributed by atoms with van der Waals surface area (Å²) in [5.41, 5.74) is 9.29. The number of nitrogens with one attached hydrogen (secondary N) is 2. The molecule has 2 aromatic carbocycles. The number of piperidine rings is 1. The van der Waals surface area contributed by atoms with Gasteiger partial charge in [-0.1, -0.05) is 29.6 Å². The van der Waals surface area contributed by atoms with Gasteiger partial charge in [0.15, 0.2) is 15.0 Å². The second-order valence-corrected chi connectivity index (χ2v) is 11.4. The summed E-state index contributed by atoms with van der Waals surface area (Å²) in [6.45, 7) is 1.48. The van der Waals surface area contributed by atoms with Gasteiger partial charge in [0.05, 0.1) is 20.4 Å². The summed E-state index contributed by atoms with van der Waals surface area (Å²) in [7, 11) is -3.31. The van der Waals surface area contributed by atoms with Gasteiger partial charge in [0.2, 0.25) is 5.95 Å². The molecular formula is C24H24N6O2S2. The lowest BCUT2D eigenvalue weighted by Crippen LogP contribution is -2.35. The predicted octanol–water partition coefficient (Wildman–Crippen LogP) is 4.11. The first kappa shape index (κ1) is 22.5. The van der Waals surface area contributed by atoms with Crippen LogP contribution in [0.15, 0.2) is 59.8 Å². The lowest BCUT2D eigenvalue weighted by Gasteiger charge is -2.22. The van der Waals surface area contributed by atoms with Crippen molar-refractivity contribution in [3.05, 3.63) is 66.0 Å². The molecule has 10 heteroatoms. The van der Waals surface area contributed by atoms with Gasteiger partial charge in [0, 0.05) is 23.6 Å². The molecule has 1 aliphatic heterocycles. The van der Waals surface area contributed by atoms with Crippen LogP contribution < -0.4 is 16.4 Å². The second-order valence-electron chi connectivity index (χ2n) is 8.10. The largest absolute Gasteiger partial charge is 0.375 e. The van der Waals surface area contributed by atoms with Crippen LogP contribution in [-0.4, -0.2) is 41.7 Å². The van der Waals surface area contributed by atoms with E-state index in [1.807, 2.05) is 30.4 Å². The third-order valence-electron chi connectivity index (χ3n) is 5.73. The van der Waals surface area contributed by atoms with Gasteiger partial charge in [-0.2, -0.15) is 0 Å². The second kappa shape index (κ2) is 9.49. The topological polar surface area (TPSA) is 123 Å². The number of nitrogens with two attached hydrogens (primary N) is 1. The van der Waals surface area contributed by atoms with Crippen molar-refractivity contribution in [2.75, 3.05) is 24.1 Å². The number of thiazole rings is 1. The molecule has 4 N–H and O–H groups in total. The molecule has 2 aromatic heterocycles. The van der Waals surface area contributed by atoms with Crippen LogP contribution in [0, 0.1) is 0 Å². The highest BCUT2D eigenvalue weighted by atomic mass is 32.2. The van der Waals surface area contributed by atoms with Crippen LogP contribution in [0.4, 0.5) is 16.8 Å². The van der Waals surface area contributed by atoms with E-state index < -0.39 is 9.84 Å². The SMILES string of the molecule is Nc1nc2ccc(/C=C/c3cnc(Nc4ccc(S(=O)(=O)C5CCNCC5)cc4)nc3)cc2s1. The van der Waals surface area contributed by atoms with E-state index in [0.29, 0.717) is 28.8 Å². The molecule has 0 radical (unpaired) electrons. The first-order chi connectivity index (χ1) is 16.5. The Morgan fingerprint density at radius 3 is 2.44 bits per heavy atom. The predicted molar refractivity (Wildman–Crippen MR) is 138 cm³/mol. The van der Waals surface area contributed by atoms with Crippen LogP contribution in [-0.2, 0) is 9.84 Å². The fraction of sp³-hybridized carbons (Fsp3) is 0.208. The summed E-state index contributed by atoms with van der Waals surface area (Å²) in [6.07, 6.45) is 8.67. The number of nitrogens with zero attached hydrogens (tertiary/aromatic N) is 3. The Hall–Kier alpha value is -3.34. The van der Waals surface area contributed by atoms with Gasteiger partial charge in [-0.3, -0.25) is 0 Å². The molecule has 0 bridgehead atoms. The van der Waals surface area contributed by atoms with Crippen molar-refractivity contribution in [1.82, 2.24) is 20.3 Å². The Bertz CT molecular complexity index is 1420. The molecule has 0 spiro atoms. The number of rotatable bonds is 6. The van der Waals surface area contributed by atoms with Gasteiger partial charge in [-0.05, 0) is 67.9 Å². The molecule has 0 amide bonds. The molecule has 1 aliphatic rings. The van der Waals surface area contributed by atoms with Crippen LogP contribution >= 0.6 is 11.3 Å². The number of anilines is 3. The monoisotopic (exact) mass is 492 g/mol. The van der Waals surface area contributed by atoms with Crippen LogP contribution in [0.5, 0.6) is 0 Å².